The lowest BCUT2D eigenvalue weighted by molar-refractivity contribution is -0.0674. The lowest BCUT2D eigenvalue weighted by atomic mass is 9.74. The third-order valence-corrected chi connectivity index (χ3v) is 3.86. The van der Waals surface area contributed by atoms with Crippen LogP contribution in [0, 0.1) is 6.92 Å². The van der Waals surface area contributed by atoms with Gasteiger partial charge in [0.2, 0.25) is 0 Å². The minimum atomic E-state index is -0.0466. The molecule has 0 atom stereocenters. The third kappa shape index (κ3) is 2.55. The molecule has 1 aromatic carbocycles. The van der Waals surface area contributed by atoms with Crippen molar-refractivity contribution in [3.8, 4) is 11.5 Å². The SMILES string of the molecule is COc1cc(C2(CCCO)COC2)c(OC)cc1C. The minimum absolute atomic E-state index is 0.0466. The molecular weight excluding hydrogens is 244 g/mol. The fourth-order valence-corrected chi connectivity index (χ4v) is 2.67. The molecule has 0 bridgehead atoms. The molecule has 1 heterocycles. The fourth-order valence-electron chi connectivity index (χ4n) is 2.67. The molecule has 19 heavy (non-hydrogen) atoms. The number of ether oxygens (including phenoxy) is 3. The molecule has 1 aliphatic heterocycles. The maximum atomic E-state index is 9.07. The van der Waals surface area contributed by atoms with Crippen molar-refractivity contribution in [1.82, 2.24) is 0 Å². The van der Waals surface area contributed by atoms with Gasteiger partial charge in [-0.3, -0.25) is 0 Å². The molecule has 1 fully saturated rings. The third-order valence-electron chi connectivity index (χ3n) is 3.86. The van der Waals surface area contributed by atoms with E-state index in [1.807, 2.05) is 19.1 Å². The second kappa shape index (κ2) is 5.80. The van der Waals surface area contributed by atoms with Crippen LogP contribution in [0.5, 0.6) is 11.5 Å². The first-order valence-electron chi connectivity index (χ1n) is 6.58. The Bertz CT molecular complexity index is 438. The summed E-state index contributed by atoms with van der Waals surface area (Å²) in [4.78, 5) is 0. The van der Waals surface area contributed by atoms with E-state index in [9.17, 15) is 0 Å². The molecule has 1 aromatic rings. The van der Waals surface area contributed by atoms with E-state index in [4.69, 9.17) is 19.3 Å². The number of benzene rings is 1. The lowest BCUT2D eigenvalue weighted by Crippen LogP contribution is -2.47. The van der Waals surface area contributed by atoms with Gasteiger partial charge in [0.25, 0.3) is 0 Å². The van der Waals surface area contributed by atoms with E-state index >= 15 is 0 Å². The van der Waals surface area contributed by atoms with E-state index in [0.717, 1.165) is 35.5 Å². The highest BCUT2D eigenvalue weighted by molar-refractivity contribution is 5.50. The Morgan fingerprint density at radius 1 is 1.21 bits per heavy atom. The van der Waals surface area contributed by atoms with Crippen molar-refractivity contribution < 1.29 is 19.3 Å². The average molecular weight is 266 g/mol. The molecule has 4 heteroatoms. The molecule has 2 rings (SSSR count). The zero-order chi connectivity index (χ0) is 13.9. The molecule has 1 saturated heterocycles. The van der Waals surface area contributed by atoms with Crippen LogP contribution in [0.15, 0.2) is 12.1 Å². The summed E-state index contributed by atoms with van der Waals surface area (Å²) in [5.74, 6) is 1.74. The van der Waals surface area contributed by atoms with Crippen LogP contribution < -0.4 is 9.47 Å². The monoisotopic (exact) mass is 266 g/mol. The van der Waals surface area contributed by atoms with Crippen LogP contribution in [-0.4, -0.2) is 39.1 Å². The van der Waals surface area contributed by atoms with Gasteiger partial charge in [-0.15, -0.1) is 0 Å². The molecule has 4 nitrogen and oxygen atoms in total. The van der Waals surface area contributed by atoms with Gasteiger partial charge in [-0.1, -0.05) is 0 Å². The lowest BCUT2D eigenvalue weighted by Gasteiger charge is -2.43. The molecule has 0 saturated carbocycles. The first-order chi connectivity index (χ1) is 9.16. The van der Waals surface area contributed by atoms with Gasteiger partial charge in [0.15, 0.2) is 0 Å². The van der Waals surface area contributed by atoms with Crippen molar-refractivity contribution in [2.24, 2.45) is 0 Å². The number of hydrogen-bond acceptors (Lipinski definition) is 4. The molecule has 0 amide bonds. The minimum Gasteiger partial charge on any atom is -0.496 e. The summed E-state index contributed by atoms with van der Waals surface area (Å²) in [6.07, 6.45) is 1.66. The van der Waals surface area contributed by atoms with E-state index in [1.54, 1.807) is 14.2 Å². The topological polar surface area (TPSA) is 47.9 Å². The Morgan fingerprint density at radius 2 is 1.89 bits per heavy atom. The zero-order valence-electron chi connectivity index (χ0n) is 11.9. The molecule has 0 radical (unpaired) electrons. The Kier molecular flexibility index (Phi) is 4.32. The fraction of sp³-hybridized carbons (Fsp3) is 0.600. The van der Waals surface area contributed by atoms with Crippen LogP contribution in [0.3, 0.4) is 0 Å². The number of aliphatic hydroxyl groups excluding tert-OH is 1. The van der Waals surface area contributed by atoms with Crippen molar-refractivity contribution in [1.29, 1.82) is 0 Å². The first-order valence-corrected chi connectivity index (χ1v) is 6.58. The van der Waals surface area contributed by atoms with Crippen molar-refractivity contribution in [3.63, 3.8) is 0 Å². The van der Waals surface area contributed by atoms with Gasteiger partial charge >= 0.3 is 0 Å². The van der Waals surface area contributed by atoms with E-state index in [2.05, 4.69) is 0 Å². The Labute approximate surface area is 114 Å². The Morgan fingerprint density at radius 3 is 2.37 bits per heavy atom. The summed E-state index contributed by atoms with van der Waals surface area (Å²) in [7, 11) is 3.36. The second-order valence-corrected chi connectivity index (χ2v) is 5.12. The number of methoxy groups -OCH3 is 2. The Balaban J connectivity index is 2.40. The quantitative estimate of drug-likeness (QED) is 0.856. The zero-order valence-corrected chi connectivity index (χ0v) is 11.9. The van der Waals surface area contributed by atoms with Crippen LogP contribution in [0.1, 0.15) is 24.0 Å². The van der Waals surface area contributed by atoms with E-state index in [0.29, 0.717) is 13.2 Å². The summed E-state index contributed by atoms with van der Waals surface area (Å²) in [5, 5.41) is 9.07. The normalized spacial score (nSPS) is 16.8. The number of aliphatic hydroxyl groups is 1. The van der Waals surface area contributed by atoms with E-state index < -0.39 is 0 Å². The van der Waals surface area contributed by atoms with Crippen LogP contribution in [0.25, 0.3) is 0 Å². The standard InChI is InChI=1S/C15H22O4/c1-11-7-14(18-3)12(8-13(11)17-2)15(5-4-6-16)9-19-10-15/h7-8,16H,4-6,9-10H2,1-3H3. The summed E-state index contributed by atoms with van der Waals surface area (Å²) in [6.45, 7) is 3.56. The van der Waals surface area contributed by atoms with Crippen molar-refractivity contribution in [2.45, 2.75) is 25.2 Å². The first kappa shape index (κ1) is 14.2. The highest BCUT2D eigenvalue weighted by atomic mass is 16.5. The average Bonchev–Trinajstić information content (AvgIpc) is 2.38. The van der Waals surface area contributed by atoms with Crippen LogP contribution in [0.2, 0.25) is 0 Å². The smallest absolute Gasteiger partial charge is 0.123 e. The van der Waals surface area contributed by atoms with Gasteiger partial charge < -0.3 is 19.3 Å². The van der Waals surface area contributed by atoms with Gasteiger partial charge in [0.1, 0.15) is 11.5 Å². The van der Waals surface area contributed by atoms with Gasteiger partial charge in [-0.25, -0.2) is 0 Å². The van der Waals surface area contributed by atoms with Crippen molar-refractivity contribution >= 4 is 0 Å². The molecule has 0 aliphatic carbocycles. The van der Waals surface area contributed by atoms with E-state index in [-0.39, 0.29) is 12.0 Å². The molecule has 0 spiro atoms. The second-order valence-electron chi connectivity index (χ2n) is 5.12. The van der Waals surface area contributed by atoms with Crippen molar-refractivity contribution in [2.75, 3.05) is 34.0 Å². The highest BCUT2D eigenvalue weighted by Crippen LogP contribution is 2.43. The van der Waals surface area contributed by atoms with Crippen LogP contribution >= 0.6 is 0 Å². The van der Waals surface area contributed by atoms with Gasteiger partial charge in [0, 0.05) is 17.6 Å². The molecule has 1 aliphatic rings. The number of aryl methyl sites for hydroxylation is 1. The number of rotatable bonds is 6. The number of hydrogen-bond donors (Lipinski definition) is 1. The van der Waals surface area contributed by atoms with Gasteiger partial charge in [0.05, 0.1) is 27.4 Å². The molecule has 1 N–H and O–H groups in total. The summed E-state index contributed by atoms with van der Waals surface area (Å²) in [6, 6.07) is 4.06. The van der Waals surface area contributed by atoms with Crippen molar-refractivity contribution in [3.05, 3.63) is 23.3 Å². The van der Waals surface area contributed by atoms with Crippen LogP contribution in [0.4, 0.5) is 0 Å². The molecule has 0 aromatic heterocycles. The van der Waals surface area contributed by atoms with Crippen LogP contribution in [-0.2, 0) is 10.2 Å². The highest BCUT2D eigenvalue weighted by Gasteiger charge is 2.42. The molecular formula is C15H22O4. The molecule has 106 valence electrons. The van der Waals surface area contributed by atoms with E-state index in [1.165, 1.54) is 0 Å². The predicted octanol–water partition coefficient (Wildman–Crippen LogP) is 2.05. The van der Waals surface area contributed by atoms with Gasteiger partial charge in [-0.2, -0.15) is 0 Å². The predicted molar refractivity (Wildman–Crippen MR) is 73.1 cm³/mol. The summed E-state index contributed by atoms with van der Waals surface area (Å²) in [5.41, 5.74) is 2.13. The summed E-state index contributed by atoms with van der Waals surface area (Å²) >= 11 is 0. The molecule has 0 unspecified atom stereocenters. The van der Waals surface area contributed by atoms with Gasteiger partial charge in [-0.05, 0) is 37.5 Å². The maximum Gasteiger partial charge on any atom is 0.123 e. The maximum absolute atomic E-state index is 9.07. The largest absolute Gasteiger partial charge is 0.496 e. The summed E-state index contributed by atoms with van der Waals surface area (Å²) < 4.78 is 16.3. The Hall–Kier alpha value is -1.26.